The zero-order valence-corrected chi connectivity index (χ0v) is 12.0. The van der Waals surface area contributed by atoms with Crippen molar-refractivity contribution in [3.05, 3.63) is 70.4 Å². The smallest absolute Gasteiger partial charge is 0.327 e. The Morgan fingerprint density at radius 1 is 1.17 bits per heavy atom. The highest BCUT2D eigenvalue weighted by Gasteiger charge is 2.31. The number of H-pyrrole nitrogens is 1. The average Bonchev–Trinajstić information content (AvgIpc) is 2.55. The van der Waals surface area contributed by atoms with Crippen LogP contribution in [0.2, 0.25) is 0 Å². The van der Waals surface area contributed by atoms with Gasteiger partial charge in [-0.15, -0.1) is 0 Å². The number of benzene rings is 1. The maximum atomic E-state index is 12.7. The van der Waals surface area contributed by atoms with Gasteiger partial charge in [0, 0.05) is 17.8 Å². The molecule has 0 aliphatic heterocycles. The van der Waals surface area contributed by atoms with Crippen LogP contribution < -0.4 is 10.9 Å². The van der Waals surface area contributed by atoms with Gasteiger partial charge in [-0.25, -0.2) is 0 Å². The Balaban J connectivity index is 1.99. The molecule has 0 bridgehead atoms. The molecule has 3 aromatic rings. The maximum absolute atomic E-state index is 12.7. The third kappa shape index (κ3) is 2.98. The van der Waals surface area contributed by atoms with Gasteiger partial charge in [0.25, 0.3) is 11.5 Å². The van der Waals surface area contributed by atoms with E-state index in [2.05, 4.69) is 10.3 Å². The molecule has 0 atom stereocenters. The second kappa shape index (κ2) is 5.80. The maximum Gasteiger partial charge on any atom is 0.417 e. The molecule has 0 saturated carbocycles. The number of amides is 1. The summed E-state index contributed by atoms with van der Waals surface area (Å²) >= 11 is 0. The summed E-state index contributed by atoms with van der Waals surface area (Å²) in [5.74, 6) is -0.767. The van der Waals surface area contributed by atoms with Crippen LogP contribution in [-0.4, -0.2) is 15.9 Å². The zero-order chi connectivity index (χ0) is 17.3. The fourth-order valence-corrected chi connectivity index (χ4v) is 2.22. The number of hydrogen-bond donors (Lipinski definition) is 2. The van der Waals surface area contributed by atoms with Gasteiger partial charge in [0.05, 0.1) is 5.56 Å². The number of halogens is 3. The molecular formula is C16H10F3N3O2. The van der Waals surface area contributed by atoms with Gasteiger partial charge in [0.1, 0.15) is 11.4 Å². The van der Waals surface area contributed by atoms with E-state index in [1.54, 1.807) is 30.3 Å². The quantitative estimate of drug-likeness (QED) is 0.756. The predicted molar refractivity (Wildman–Crippen MR) is 81.8 cm³/mol. The molecule has 0 aliphatic rings. The SMILES string of the molecule is O=C(Nc1cc(C(F)(F)F)c[nH]c1=O)c1nccc2ccccc12. The predicted octanol–water partition coefficient (Wildman–Crippen LogP) is 3.19. The van der Waals surface area contributed by atoms with Crippen molar-refractivity contribution in [3.63, 3.8) is 0 Å². The number of rotatable bonds is 2. The number of aromatic amines is 1. The number of alkyl halides is 3. The Labute approximate surface area is 133 Å². The number of carbonyl (C=O) groups excluding carboxylic acids is 1. The van der Waals surface area contributed by atoms with Gasteiger partial charge in [-0.2, -0.15) is 13.2 Å². The average molecular weight is 333 g/mol. The number of aromatic nitrogens is 2. The van der Waals surface area contributed by atoms with Crippen LogP contribution in [0.1, 0.15) is 16.1 Å². The van der Waals surface area contributed by atoms with Crippen LogP contribution in [-0.2, 0) is 6.18 Å². The molecule has 5 nitrogen and oxygen atoms in total. The first kappa shape index (κ1) is 15.7. The van der Waals surface area contributed by atoms with E-state index < -0.39 is 28.9 Å². The molecule has 2 heterocycles. The molecule has 0 radical (unpaired) electrons. The topological polar surface area (TPSA) is 74.8 Å². The number of carbonyl (C=O) groups is 1. The van der Waals surface area contributed by atoms with Gasteiger partial charge in [0.2, 0.25) is 0 Å². The monoisotopic (exact) mass is 333 g/mol. The zero-order valence-electron chi connectivity index (χ0n) is 12.0. The minimum absolute atomic E-state index is 0.0184. The molecule has 3 rings (SSSR count). The molecule has 2 N–H and O–H groups in total. The molecule has 0 fully saturated rings. The summed E-state index contributed by atoms with van der Waals surface area (Å²) in [6.07, 6.45) is -2.68. The number of nitrogens with zero attached hydrogens (tertiary/aromatic N) is 1. The Hall–Kier alpha value is -3.16. The Bertz CT molecular complexity index is 975. The summed E-state index contributed by atoms with van der Waals surface area (Å²) < 4.78 is 38.2. The standard InChI is InChI=1S/C16H10F3N3O2/c17-16(18,19)10-7-12(14(23)21-8-10)22-15(24)13-11-4-2-1-3-9(11)5-6-20-13/h1-8H,(H,21,23)(H,22,24). The molecule has 0 spiro atoms. The van der Waals surface area contributed by atoms with Crippen molar-refractivity contribution in [1.82, 2.24) is 9.97 Å². The minimum atomic E-state index is -4.64. The first-order valence-corrected chi connectivity index (χ1v) is 6.81. The van der Waals surface area contributed by atoms with Crippen molar-refractivity contribution in [2.75, 3.05) is 5.32 Å². The van der Waals surface area contributed by atoms with Crippen molar-refractivity contribution in [3.8, 4) is 0 Å². The first-order valence-electron chi connectivity index (χ1n) is 6.81. The number of fused-ring (bicyclic) bond motifs is 1. The largest absolute Gasteiger partial charge is 0.417 e. The second-order valence-electron chi connectivity index (χ2n) is 4.96. The third-order valence-electron chi connectivity index (χ3n) is 3.37. The summed E-state index contributed by atoms with van der Waals surface area (Å²) in [6.45, 7) is 0. The summed E-state index contributed by atoms with van der Waals surface area (Å²) in [5.41, 5.74) is -2.38. The molecule has 0 saturated heterocycles. The van der Waals surface area contributed by atoms with Crippen LogP contribution in [0.3, 0.4) is 0 Å². The van der Waals surface area contributed by atoms with E-state index in [9.17, 15) is 22.8 Å². The minimum Gasteiger partial charge on any atom is -0.327 e. The lowest BCUT2D eigenvalue weighted by molar-refractivity contribution is -0.137. The lowest BCUT2D eigenvalue weighted by atomic mass is 10.1. The van der Waals surface area contributed by atoms with Crippen LogP contribution in [0.4, 0.5) is 18.9 Å². The molecule has 1 aromatic carbocycles. The van der Waals surface area contributed by atoms with E-state index >= 15 is 0 Å². The van der Waals surface area contributed by atoms with Crippen LogP contribution in [0.5, 0.6) is 0 Å². The molecule has 8 heteroatoms. The summed E-state index contributed by atoms with van der Waals surface area (Å²) in [5, 5.41) is 3.46. The van der Waals surface area contributed by atoms with Gasteiger partial charge >= 0.3 is 6.18 Å². The van der Waals surface area contributed by atoms with Crippen molar-refractivity contribution in [2.45, 2.75) is 6.18 Å². The molecule has 2 aromatic heterocycles. The van der Waals surface area contributed by atoms with E-state index in [0.717, 1.165) is 5.39 Å². The summed E-state index contributed by atoms with van der Waals surface area (Å²) in [7, 11) is 0. The number of nitrogens with one attached hydrogen (secondary N) is 2. The van der Waals surface area contributed by atoms with Crippen LogP contribution in [0.15, 0.2) is 53.6 Å². The Kier molecular flexibility index (Phi) is 3.80. The number of pyridine rings is 2. The van der Waals surface area contributed by atoms with Gasteiger partial charge < -0.3 is 10.3 Å². The lowest BCUT2D eigenvalue weighted by Gasteiger charge is -2.10. The third-order valence-corrected chi connectivity index (χ3v) is 3.37. The van der Waals surface area contributed by atoms with Gasteiger partial charge in [-0.1, -0.05) is 24.3 Å². The molecule has 24 heavy (non-hydrogen) atoms. The molecular weight excluding hydrogens is 323 g/mol. The molecule has 0 aliphatic carbocycles. The summed E-state index contributed by atoms with van der Waals surface area (Å²) in [4.78, 5) is 29.9. The Morgan fingerprint density at radius 3 is 2.67 bits per heavy atom. The van der Waals surface area contributed by atoms with E-state index in [1.807, 2.05) is 4.98 Å². The van der Waals surface area contributed by atoms with E-state index in [1.165, 1.54) is 6.20 Å². The highest BCUT2D eigenvalue weighted by atomic mass is 19.4. The molecule has 122 valence electrons. The Morgan fingerprint density at radius 2 is 1.92 bits per heavy atom. The van der Waals surface area contributed by atoms with Crippen molar-refractivity contribution in [2.24, 2.45) is 0 Å². The van der Waals surface area contributed by atoms with Crippen molar-refractivity contribution < 1.29 is 18.0 Å². The second-order valence-corrected chi connectivity index (χ2v) is 4.96. The van der Waals surface area contributed by atoms with Crippen LogP contribution in [0, 0.1) is 0 Å². The molecule has 0 unspecified atom stereocenters. The van der Waals surface area contributed by atoms with Crippen molar-refractivity contribution >= 4 is 22.4 Å². The lowest BCUT2D eigenvalue weighted by Crippen LogP contribution is -2.22. The van der Waals surface area contributed by atoms with E-state index in [4.69, 9.17) is 0 Å². The molecule has 1 amide bonds. The van der Waals surface area contributed by atoms with E-state index in [-0.39, 0.29) is 5.69 Å². The normalized spacial score (nSPS) is 11.5. The van der Waals surface area contributed by atoms with Gasteiger partial charge in [-0.3, -0.25) is 14.6 Å². The fraction of sp³-hybridized carbons (Fsp3) is 0.0625. The van der Waals surface area contributed by atoms with Crippen molar-refractivity contribution in [1.29, 1.82) is 0 Å². The highest BCUT2D eigenvalue weighted by Crippen LogP contribution is 2.29. The fourth-order valence-electron chi connectivity index (χ4n) is 2.22. The summed E-state index contributed by atoms with van der Waals surface area (Å²) in [6, 6.07) is 9.20. The van der Waals surface area contributed by atoms with Gasteiger partial charge in [-0.05, 0) is 17.5 Å². The van der Waals surface area contributed by atoms with Crippen LogP contribution in [0.25, 0.3) is 10.8 Å². The van der Waals surface area contributed by atoms with Crippen LogP contribution >= 0.6 is 0 Å². The van der Waals surface area contributed by atoms with E-state index in [0.29, 0.717) is 17.6 Å². The van der Waals surface area contributed by atoms with Gasteiger partial charge in [0.15, 0.2) is 0 Å². The number of anilines is 1. The first-order chi connectivity index (χ1) is 11.4. The number of hydrogen-bond acceptors (Lipinski definition) is 3. The highest BCUT2D eigenvalue weighted by molar-refractivity contribution is 6.11.